The first-order valence-corrected chi connectivity index (χ1v) is 17.2. The maximum Gasteiger partial charge on any atom is 0.416 e. The molecule has 0 bridgehead atoms. The maximum absolute atomic E-state index is 14.7. The average molecular weight is 677 g/mol. The minimum atomic E-state index is -4.76. The second-order valence-corrected chi connectivity index (χ2v) is 15.5. The predicted molar refractivity (Wildman–Crippen MR) is 165 cm³/mol. The molecule has 6 nitrogen and oxygen atoms in total. The fourth-order valence-corrected chi connectivity index (χ4v) is 10.2. The van der Waals surface area contributed by atoms with Crippen molar-refractivity contribution in [2.45, 2.75) is 74.4 Å². The molecule has 0 radical (unpaired) electrons. The zero-order valence-electron chi connectivity index (χ0n) is 26.2. The first kappa shape index (κ1) is 33.4. The quantitative estimate of drug-likeness (QED) is 0.201. The Bertz CT molecular complexity index is 1770. The lowest BCUT2D eigenvalue weighted by Gasteiger charge is -2.46. The second-order valence-electron chi connectivity index (χ2n) is 13.3. The number of carbonyl (C=O) groups excluding carboxylic acids is 1. The number of likely N-dealkylation sites (tertiary alicyclic amines) is 2. The first-order valence-electron chi connectivity index (χ1n) is 15.8. The number of ether oxygens (including phenoxy) is 1. The van der Waals surface area contributed by atoms with E-state index in [9.17, 15) is 35.2 Å². The van der Waals surface area contributed by atoms with Gasteiger partial charge in [-0.15, -0.1) is 0 Å². The number of nitrogens with zero attached hydrogens (tertiary/aromatic N) is 2. The number of aryl methyl sites for hydroxylation is 1. The van der Waals surface area contributed by atoms with Crippen LogP contribution in [0.5, 0.6) is 5.75 Å². The summed E-state index contributed by atoms with van der Waals surface area (Å²) >= 11 is 0. The molecule has 0 aromatic heterocycles. The smallest absolute Gasteiger partial charge is 0.416 e. The molecule has 47 heavy (non-hydrogen) atoms. The molecule has 2 saturated heterocycles. The van der Waals surface area contributed by atoms with E-state index in [4.69, 9.17) is 4.74 Å². The van der Waals surface area contributed by atoms with Gasteiger partial charge >= 0.3 is 6.18 Å². The minimum absolute atomic E-state index is 0.0131. The zero-order valence-corrected chi connectivity index (χ0v) is 27.1. The van der Waals surface area contributed by atoms with Gasteiger partial charge in [0.05, 0.1) is 10.5 Å². The molecule has 0 saturated carbocycles. The van der Waals surface area contributed by atoms with Gasteiger partial charge in [0.15, 0.2) is 9.84 Å². The van der Waals surface area contributed by atoms with Crippen LogP contribution in [-0.2, 0) is 38.6 Å². The molecule has 0 spiro atoms. The number of halogens is 5. The lowest BCUT2D eigenvalue weighted by molar-refractivity contribution is -0.138. The van der Waals surface area contributed by atoms with Gasteiger partial charge < -0.3 is 9.64 Å². The fraction of sp³-hybridized carbons (Fsp3) is 0.457. The third-order valence-corrected chi connectivity index (χ3v) is 12.9. The Hall–Kier alpha value is -3.51. The molecule has 0 N–H and O–H groups in total. The van der Waals surface area contributed by atoms with E-state index in [0.717, 1.165) is 43.2 Å². The topological polar surface area (TPSA) is 66.9 Å². The van der Waals surface area contributed by atoms with Gasteiger partial charge in [-0.2, -0.15) is 13.2 Å². The van der Waals surface area contributed by atoms with Crippen LogP contribution in [0.15, 0.2) is 65.6 Å². The fourth-order valence-electron chi connectivity index (χ4n) is 7.84. The largest absolute Gasteiger partial charge is 0.489 e. The Balaban J connectivity index is 1.34. The molecule has 252 valence electrons. The van der Waals surface area contributed by atoms with Crippen LogP contribution in [0.3, 0.4) is 0 Å². The number of rotatable bonds is 7. The van der Waals surface area contributed by atoms with Crippen molar-refractivity contribution in [2.24, 2.45) is 5.41 Å². The summed E-state index contributed by atoms with van der Waals surface area (Å²) in [6.07, 6.45) is -1.88. The van der Waals surface area contributed by atoms with Gasteiger partial charge in [0, 0.05) is 44.7 Å². The monoisotopic (exact) mass is 676 g/mol. The van der Waals surface area contributed by atoms with Crippen molar-refractivity contribution in [3.8, 4) is 5.75 Å². The molecular formula is C35H37F5N2O4S. The first-order chi connectivity index (χ1) is 22.1. The summed E-state index contributed by atoms with van der Waals surface area (Å²) in [7, 11) is -4.08. The summed E-state index contributed by atoms with van der Waals surface area (Å²) in [6, 6.07) is 12.0. The molecule has 3 aromatic rings. The van der Waals surface area contributed by atoms with Crippen LogP contribution >= 0.6 is 0 Å². The van der Waals surface area contributed by atoms with E-state index in [2.05, 4.69) is 11.8 Å². The number of fused-ring (bicyclic) bond motifs is 3. The van der Waals surface area contributed by atoms with Gasteiger partial charge in [-0.1, -0.05) is 19.1 Å². The van der Waals surface area contributed by atoms with Crippen LogP contribution in [-0.4, -0.2) is 56.3 Å². The standard InChI is InChI=1S/C35H37F5N2O4S/c1-23(43)41-17-14-33(2,15-18-41)22-42-19-16-34(47(44,45)27-10-7-25(36)8-11-27)29-12-9-26(20-24(29)6-13-32(34)42)46-21-28-30(35(38,39)40)4-3-5-31(28)37/h3-5,7-12,20,32H,6,13-19,21-22H2,1-2H3/t32-,34-/m1/s1. The Labute approximate surface area is 271 Å². The molecular weight excluding hydrogens is 639 g/mol. The second kappa shape index (κ2) is 12.2. The molecule has 0 unspecified atom stereocenters. The number of sulfone groups is 1. The Morgan fingerprint density at radius 3 is 2.34 bits per heavy atom. The van der Waals surface area contributed by atoms with Gasteiger partial charge in [0.1, 0.15) is 28.7 Å². The van der Waals surface area contributed by atoms with Gasteiger partial charge in [-0.05, 0) is 97.2 Å². The molecule has 1 amide bonds. The molecule has 1 aliphatic carbocycles. The van der Waals surface area contributed by atoms with Crippen molar-refractivity contribution in [1.82, 2.24) is 9.80 Å². The average Bonchev–Trinajstić information content (AvgIpc) is 3.39. The highest BCUT2D eigenvalue weighted by Gasteiger charge is 2.60. The highest BCUT2D eigenvalue weighted by molar-refractivity contribution is 7.92. The number of alkyl halides is 3. The van der Waals surface area contributed by atoms with Crippen LogP contribution in [0.2, 0.25) is 0 Å². The van der Waals surface area contributed by atoms with Crippen LogP contribution in [0.4, 0.5) is 22.0 Å². The van der Waals surface area contributed by atoms with Gasteiger partial charge in [0.2, 0.25) is 5.91 Å². The van der Waals surface area contributed by atoms with Crippen LogP contribution in [0, 0.1) is 17.0 Å². The third kappa shape index (κ3) is 6.03. The summed E-state index contributed by atoms with van der Waals surface area (Å²) in [5, 5.41) is 0. The predicted octanol–water partition coefficient (Wildman–Crippen LogP) is 6.90. The van der Waals surface area contributed by atoms with Crippen LogP contribution in [0.25, 0.3) is 0 Å². The normalized spacial score (nSPS) is 22.9. The SMILES string of the molecule is CC(=O)N1CCC(C)(CN2CC[C@@]3(S(=O)(=O)c4ccc(F)cc4)c4ccc(OCc5c(F)cccc5C(F)(F)F)cc4CC[C@@H]23)CC1. The van der Waals surface area contributed by atoms with E-state index >= 15 is 0 Å². The number of hydrogen-bond acceptors (Lipinski definition) is 5. The molecule has 2 aliphatic heterocycles. The maximum atomic E-state index is 14.7. The minimum Gasteiger partial charge on any atom is -0.489 e. The van der Waals surface area contributed by atoms with Gasteiger partial charge in [0.25, 0.3) is 0 Å². The molecule has 6 rings (SSSR count). The van der Waals surface area contributed by atoms with Crippen LogP contribution in [0.1, 0.15) is 61.8 Å². The van der Waals surface area contributed by atoms with Crippen molar-refractivity contribution in [1.29, 1.82) is 0 Å². The summed E-state index contributed by atoms with van der Waals surface area (Å²) in [6.45, 7) is 5.55. The molecule has 2 atom stereocenters. The van der Waals surface area contributed by atoms with E-state index in [1.807, 2.05) is 4.90 Å². The van der Waals surface area contributed by atoms with Gasteiger partial charge in [-0.3, -0.25) is 9.69 Å². The molecule has 3 aliphatic rings. The summed E-state index contributed by atoms with van der Waals surface area (Å²) < 4.78 is 103. The van der Waals surface area contributed by atoms with E-state index in [1.54, 1.807) is 19.1 Å². The molecule has 2 fully saturated rings. The van der Waals surface area contributed by atoms with Gasteiger partial charge in [-0.25, -0.2) is 17.2 Å². The molecule has 12 heteroatoms. The van der Waals surface area contributed by atoms with Crippen molar-refractivity contribution in [3.63, 3.8) is 0 Å². The molecule has 2 heterocycles. The number of amides is 1. The van der Waals surface area contributed by atoms with Crippen molar-refractivity contribution >= 4 is 15.7 Å². The Kier molecular flexibility index (Phi) is 8.65. The molecule has 3 aromatic carbocycles. The summed E-state index contributed by atoms with van der Waals surface area (Å²) in [4.78, 5) is 16.0. The van der Waals surface area contributed by atoms with E-state index < -0.39 is 50.1 Å². The van der Waals surface area contributed by atoms with Crippen LogP contribution < -0.4 is 4.74 Å². The van der Waals surface area contributed by atoms with E-state index in [1.165, 1.54) is 18.2 Å². The number of hydrogen-bond donors (Lipinski definition) is 0. The highest BCUT2D eigenvalue weighted by Crippen LogP contribution is 2.54. The number of piperidine rings is 1. The summed E-state index contributed by atoms with van der Waals surface area (Å²) in [5.41, 5.74) is -0.568. The number of benzene rings is 3. The summed E-state index contributed by atoms with van der Waals surface area (Å²) in [5.74, 6) is -1.34. The van der Waals surface area contributed by atoms with E-state index in [-0.39, 0.29) is 28.0 Å². The Morgan fingerprint density at radius 1 is 0.979 bits per heavy atom. The lowest BCUT2D eigenvalue weighted by Crippen LogP contribution is -2.53. The number of carbonyl (C=O) groups is 1. The highest BCUT2D eigenvalue weighted by atomic mass is 32.2. The van der Waals surface area contributed by atoms with Crippen molar-refractivity contribution in [2.75, 3.05) is 26.2 Å². The lowest BCUT2D eigenvalue weighted by atomic mass is 9.77. The van der Waals surface area contributed by atoms with E-state index in [0.29, 0.717) is 56.6 Å². The zero-order chi connectivity index (χ0) is 33.8. The third-order valence-electron chi connectivity index (χ3n) is 10.4. The van der Waals surface area contributed by atoms with Crippen molar-refractivity contribution in [3.05, 3.63) is 94.6 Å². The Morgan fingerprint density at radius 2 is 1.68 bits per heavy atom. The van der Waals surface area contributed by atoms with Crippen molar-refractivity contribution < 1.29 is 39.9 Å².